The van der Waals surface area contributed by atoms with Crippen LogP contribution in [-0.4, -0.2) is 21.1 Å². The Hall–Kier alpha value is -0.940. The standard InChI is InChI=1S/C8H12N4S/c1-2-7-10-8-12(11-7)6(3-4-9)5-13-8/h5H,2-4,9H2,1H3. The molecule has 0 fully saturated rings. The number of aryl methyl sites for hydroxylation is 1. The predicted molar refractivity (Wildman–Crippen MR) is 53.0 cm³/mol. The minimum atomic E-state index is 0.660. The summed E-state index contributed by atoms with van der Waals surface area (Å²) in [7, 11) is 0. The second-order valence-electron chi connectivity index (χ2n) is 2.84. The lowest BCUT2D eigenvalue weighted by atomic mass is 10.3. The van der Waals surface area contributed by atoms with E-state index in [9.17, 15) is 0 Å². The Balaban J connectivity index is 2.46. The zero-order chi connectivity index (χ0) is 9.26. The third-order valence-electron chi connectivity index (χ3n) is 1.91. The van der Waals surface area contributed by atoms with Gasteiger partial charge in [0.05, 0.1) is 5.69 Å². The van der Waals surface area contributed by atoms with E-state index in [-0.39, 0.29) is 0 Å². The van der Waals surface area contributed by atoms with Crippen molar-refractivity contribution in [1.82, 2.24) is 14.6 Å². The maximum absolute atomic E-state index is 5.49. The Kier molecular flexibility index (Phi) is 2.28. The van der Waals surface area contributed by atoms with Crippen molar-refractivity contribution in [1.29, 1.82) is 0 Å². The van der Waals surface area contributed by atoms with E-state index in [1.807, 2.05) is 4.52 Å². The van der Waals surface area contributed by atoms with Crippen LogP contribution in [0.1, 0.15) is 18.4 Å². The Bertz CT molecular complexity index is 403. The molecule has 70 valence electrons. The molecule has 2 rings (SSSR count). The number of fused-ring (bicyclic) bond motifs is 1. The van der Waals surface area contributed by atoms with Gasteiger partial charge < -0.3 is 5.73 Å². The van der Waals surface area contributed by atoms with Gasteiger partial charge in [-0.25, -0.2) is 9.50 Å². The molecular formula is C8H12N4S. The van der Waals surface area contributed by atoms with Gasteiger partial charge in [0.25, 0.3) is 0 Å². The Morgan fingerprint density at radius 1 is 1.62 bits per heavy atom. The van der Waals surface area contributed by atoms with Gasteiger partial charge in [-0.3, -0.25) is 0 Å². The molecule has 2 aromatic heterocycles. The molecule has 0 bridgehead atoms. The van der Waals surface area contributed by atoms with Crippen molar-refractivity contribution in [3.63, 3.8) is 0 Å². The summed E-state index contributed by atoms with van der Waals surface area (Å²) < 4.78 is 1.90. The van der Waals surface area contributed by atoms with Crippen LogP contribution in [0.25, 0.3) is 4.96 Å². The van der Waals surface area contributed by atoms with Gasteiger partial charge in [0.1, 0.15) is 0 Å². The number of rotatable bonds is 3. The molecule has 0 unspecified atom stereocenters. The van der Waals surface area contributed by atoms with Gasteiger partial charge in [0, 0.05) is 18.2 Å². The zero-order valence-electron chi connectivity index (χ0n) is 7.53. The van der Waals surface area contributed by atoms with E-state index in [4.69, 9.17) is 5.73 Å². The minimum absolute atomic E-state index is 0.660. The summed E-state index contributed by atoms with van der Waals surface area (Å²) in [5.74, 6) is 0.908. The highest BCUT2D eigenvalue weighted by molar-refractivity contribution is 7.15. The van der Waals surface area contributed by atoms with Crippen molar-refractivity contribution >= 4 is 16.3 Å². The molecule has 0 saturated carbocycles. The lowest BCUT2D eigenvalue weighted by molar-refractivity contribution is 0.816. The lowest BCUT2D eigenvalue weighted by Gasteiger charge is -1.92. The molecule has 0 spiro atoms. The summed E-state index contributed by atoms with van der Waals surface area (Å²) in [4.78, 5) is 5.34. The highest BCUT2D eigenvalue weighted by Crippen LogP contribution is 2.14. The molecule has 0 saturated heterocycles. The van der Waals surface area contributed by atoms with Crippen LogP contribution < -0.4 is 5.73 Å². The summed E-state index contributed by atoms with van der Waals surface area (Å²) in [6, 6.07) is 0. The minimum Gasteiger partial charge on any atom is -0.330 e. The largest absolute Gasteiger partial charge is 0.330 e. The van der Waals surface area contributed by atoms with E-state index in [0.29, 0.717) is 6.54 Å². The van der Waals surface area contributed by atoms with Gasteiger partial charge in [-0.1, -0.05) is 6.92 Å². The van der Waals surface area contributed by atoms with Crippen LogP contribution in [-0.2, 0) is 12.8 Å². The van der Waals surface area contributed by atoms with Crippen LogP contribution in [0.15, 0.2) is 5.38 Å². The van der Waals surface area contributed by atoms with E-state index in [0.717, 1.165) is 29.3 Å². The van der Waals surface area contributed by atoms with Gasteiger partial charge in [-0.05, 0) is 6.54 Å². The highest BCUT2D eigenvalue weighted by Gasteiger charge is 2.07. The zero-order valence-corrected chi connectivity index (χ0v) is 8.34. The molecule has 13 heavy (non-hydrogen) atoms. The average Bonchev–Trinajstić information content (AvgIpc) is 2.67. The van der Waals surface area contributed by atoms with E-state index >= 15 is 0 Å². The fraction of sp³-hybridized carbons (Fsp3) is 0.500. The topological polar surface area (TPSA) is 56.2 Å². The van der Waals surface area contributed by atoms with Crippen LogP contribution in [0.4, 0.5) is 0 Å². The number of nitrogens with zero attached hydrogens (tertiary/aromatic N) is 3. The van der Waals surface area contributed by atoms with Gasteiger partial charge in [0.2, 0.25) is 4.96 Å². The molecule has 0 aromatic carbocycles. The van der Waals surface area contributed by atoms with Crippen molar-refractivity contribution < 1.29 is 0 Å². The number of hydrogen-bond donors (Lipinski definition) is 1. The summed E-state index contributed by atoms with van der Waals surface area (Å²) in [6.45, 7) is 2.72. The normalized spacial score (nSPS) is 11.2. The summed E-state index contributed by atoms with van der Waals surface area (Å²) in [5.41, 5.74) is 6.65. The van der Waals surface area contributed by atoms with Gasteiger partial charge in [-0.2, -0.15) is 5.10 Å². The van der Waals surface area contributed by atoms with Crippen molar-refractivity contribution in [3.05, 3.63) is 16.9 Å². The molecule has 4 nitrogen and oxygen atoms in total. The van der Waals surface area contributed by atoms with E-state index in [1.165, 1.54) is 0 Å². The summed E-state index contributed by atoms with van der Waals surface area (Å²) in [5, 5.41) is 6.44. The van der Waals surface area contributed by atoms with Crippen molar-refractivity contribution in [2.24, 2.45) is 5.73 Å². The molecular weight excluding hydrogens is 184 g/mol. The van der Waals surface area contributed by atoms with Crippen molar-refractivity contribution in [2.45, 2.75) is 19.8 Å². The molecule has 0 atom stereocenters. The highest BCUT2D eigenvalue weighted by atomic mass is 32.1. The van der Waals surface area contributed by atoms with Gasteiger partial charge in [0.15, 0.2) is 5.82 Å². The molecule has 0 amide bonds. The first-order valence-corrected chi connectivity index (χ1v) is 5.25. The molecule has 0 radical (unpaired) electrons. The van der Waals surface area contributed by atoms with E-state index in [2.05, 4.69) is 22.4 Å². The average molecular weight is 196 g/mol. The SMILES string of the molecule is CCc1nc2scc(CCN)n2n1. The van der Waals surface area contributed by atoms with Crippen molar-refractivity contribution in [3.8, 4) is 0 Å². The van der Waals surface area contributed by atoms with Gasteiger partial charge in [-0.15, -0.1) is 11.3 Å². The predicted octanol–water partition coefficient (Wildman–Crippen LogP) is 0.854. The molecule has 2 N–H and O–H groups in total. The van der Waals surface area contributed by atoms with Gasteiger partial charge >= 0.3 is 0 Å². The Labute approximate surface area is 80.4 Å². The first kappa shape index (κ1) is 8.65. The molecule has 2 aromatic rings. The van der Waals surface area contributed by atoms with E-state index in [1.54, 1.807) is 11.3 Å². The maximum Gasteiger partial charge on any atom is 0.212 e. The second-order valence-corrected chi connectivity index (χ2v) is 3.68. The first-order chi connectivity index (χ1) is 6.35. The van der Waals surface area contributed by atoms with E-state index < -0.39 is 0 Å². The molecule has 5 heteroatoms. The molecule has 0 aliphatic carbocycles. The summed E-state index contributed by atoms with van der Waals surface area (Å²) in [6.07, 6.45) is 1.75. The third-order valence-corrected chi connectivity index (χ3v) is 2.78. The Morgan fingerprint density at radius 3 is 3.15 bits per heavy atom. The number of nitrogens with two attached hydrogens (primary N) is 1. The van der Waals surface area contributed by atoms with Crippen LogP contribution in [0.3, 0.4) is 0 Å². The Morgan fingerprint density at radius 2 is 2.46 bits per heavy atom. The van der Waals surface area contributed by atoms with Crippen LogP contribution >= 0.6 is 11.3 Å². The lowest BCUT2D eigenvalue weighted by Crippen LogP contribution is -2.05. The van der Waals surface area contributed by atoms with Crippen molar-refractivity contribution in [2.75, 3.05) is 6.54 Å². The quantitative estimate of drug-likeness (QED) is 0.792. The fourth-order valence-electron chi connectivity index (χ4n) is 1.23. The summed E-state index contributed by atoms with van der Waals surface area (Å²) >= 11 is 1.62. The van der Waals surface area contributed by atoms with Crippen LogP contribution in [0.2, 0.25) is 0 Å². The molecule has 2 heterocycles. The fourth-order valence-corrected chi connectivity index (χ4v) is 2.11. The smallest absolute Gasteiger partial charge is 0.212 e. The van der Waals surface area contributed by atoms with Crippen LogP contribution in [0, 0.1) is 0 Å². The molecule has 0 aliphatic rings. The van der Waals surface area contributed by atoms with Crippen LogP contribution in [0.5, 0.6) is 0 Å². The third kappa shape index (κ3) is 1.45. The number of hydrogen-bond acceptors (Lipinski definition) is 4. The second kappa shape index (κ2) is 3.43. The molecule has 0 aliphatic heterocycles. The number of aromatic nitrogens is 3. The number of thiazole rings is 1. The maximum atomic E-state index is 5.49. The monoisotopic (exact) mass is 196 g/mol. The first-order valence-electron chi connectivity index (χ1n) is 4.37.